The van der Waals surface area contributed by atoms with E-state index in [0.29, 0.717) is 38.4 Å². The zero-order chi connectivity index (χ0) is 24.9. The van der Waals surface area contributed by atoms with Gasteiger partial charge in [-0.05, 0) is 44.4 Å². The summed E-state index contributed by atoms with van der Waals surface area (Å²) in [5.74, 6) is 1.13. The predicted molar refractivity (Wildman–Crippen MR) is 143 cm³/mol. The van der Waals surface area contributed by atoms with E-state index in [1.807, 2.05) is 38.1 Å². The zero-order valence-corrected chi connectivity index (χ0v) is 22.0. The molecule has 0 aliphatic heterocycles. The molecule has 0 aromatic heterocycles. The van der Waals surface area contributed by atoms with Crippen LogP contribution in [-0.2, 0) is 16.0 Å². The molecule has 194 valence electrons. The molecule has 1 aromatic carbocycles. The number of aliphatic hydroxyl groups is 1. The Labute approximate surface area is 209 Å². The third-order valence-corrected chi connectivity index (χ3v) is 6.05. The second kappa shape index (κ2) is 19.6. The van der Waals surface area contributed by atoms with Gasteiger partial charge < -0.3 is 14.6 Å². The van der Waals surface area contributed by atoms with Gasteiger partial charge in [-0.15, -0.1) is 6.58 Å². The summed E-state index contributed by atoms with van der Waals surface area (Å²) in [4.78, 5) is 12.3. The molecule has 1 aromatic rings. The molecular weight excluding hydrogens is 424 g/mol. The van der Waals surface area contributed by atoms with Crippen molar-refractivity contribution in [2.75, 3.05) is 19.8 Å². The molecule has 1 N–H and O–H groups in total. The lowest BCUT2D eigenvalue weighted by Crippen LogP contribution is -2.17. The van der Waals surface area contributed by atoms with Crippen LogP contribution >= 0.6 is 0 Å². The third-order valence-electron chi connectivity index (χ3n) is 6.05. The molecule has 0 heterocycles. The minimum atomic E-state index is -0.503. The Hall–Kier alpha value is -1.65. The van der Waals surface area contributed by atoms with E-state index in [2.05, 4.69) is 6.58 Å². The molecule has 0 unspecified atom stereocenters. The minimum absolute atomic E-state index is 0.328. The summed E-state index contributed by atoms with van der Waals surface area (Å²) in [6.45, 7) is 8.99. The highest BCUT2D eigenvalue weighted by molar-refractivity contribution is 5.80. The van der Waals surface area contributed by atoms with Crippen LogP contribution in [0.2, 0.25) is 0 Å². The summed E-state index contributed by atoms with van der Waals surface area (Å²) in [5.41, 5.74) is 0.550. The minimum Gasteiger partial charge on any atom is -0.491 e. The highest BCUT2D eigenvalue weighted by Crippen LogP contribution is 2.17. The van der Waals surface area contributed by atoms with E-state index < -0.39 is 5.60 Å². The number of carbonyl (C=O) groups excluding carboxylic acids is 1. The Bertz CT molecular complexity index is 630. The highest BCUT2D eigenvalue weighted by Gasteiger charge is 2.10. The summed E-state index contributed by atoms with van der Waals surface area (Å²) in [5, 5.41) is 9.70. The van der Waals surface area contributed by atoms with Crippen molar-refractivity contribution < 1.29 is 19.4 Å². The van der Waals surface area contributed by atoms with Crippen LogP contribution in [0.25, 0.3) is 0 Å². The lowest BCUT2D eigenvalue weighted by Gasteiger charge is -2.16. The van der Waals surface area contributed by atoms with Crippen LogP contribution in [-0.4, -0.2) is 36.3 Å². The second-order valence-electron chi connectivity index (χ2n) is 10.1. The summed E-state index contributed by atoms with van der Waals surface area (Å²) in [7, 11) is 0. The molecule has 0 saturated carbocycles. The van der Waals surface area contributed by atoms with Gasteiger partial charge in [0.15, 0.2) is 0 Å². The molecular formula is C30H50O4. The topological polar surface area (TPSA) is 55.8 Å². The molecule has 0 aliphatic rings. The molecule has 0 radical (unpaired) electrons. The number of Topliss-reactive ketones (excluding diaryl/α,β-unsaturated/α-hetero) is 1. The highest BCUT2D eigenvalue weighted by atomic mass is 16.5. The fourth-order valence-corrected chi connectivity index (χ4v) is 4.05. The lowest BCUT2D eigenvalue weighted by atomic mass is 9.99. The molecule has 0 saturated heterocycles. The Morgan fingerprint density at radius 3 is 1.91 bits per heavy atom. The summed E-state index contributed by atoms with van der Waals surface area (Å²) >= 11 is 0. The van der Waals surface area contributed by atoms with Gasteiger partial charge in [-0.1, -0.05) is 88.8 Å². The van der Waals surface area contributed by atoms with Gasteiger partial charge in [0.25, 0.3) is 0 Å². The van der Waals surface area contributed by atoms with Crippen LogP contribution in [0.5, 0.6) is 5.75 Å². The number of hydrogen-bond acceptors (Lipinski definition) is 4. The van der Waals surface area contributed by atoms with Crippen LogP contribution in [0.1, 0.15) is 109 Å². The van der Waals surface area contributed by atoms with Gasteiger partial charge in [0.2, 0.25) is 0 Å². The largest absolute Gasteiger partial charge is 0.491 e. The maximum absolute atomic E-state index is 12.3. The first kappa shape index (κ1) is 30.4. The smallest absolute Gasteiger partial charge is 0.137 e. The normalized spacial score (nSPS) is 11.5. The Balaban J connectivity index is 1.92. The first-order chi connectivity index (χ1) is 16.4. The van der Waals surface area contributed by atoms with Gasteiger partial charge in [-0.25, -0.2) is 0 Å². The number of hydrogen-bond donors (Lipinski definition) is 1. The first-order valence-electron chi connectivity index (χ1n) is 13.5. The molecule has 4 heteroatoms. The van der Waals surface area contributed by atoms with E-state index >= 15 is 0 Å². The van der Waals surface area contributed by atoms with Crippen LogP contribution < -0.4 is 4.74 Å². The standard InChI is InChI=1S/C30H50O4/c1-4-23-33-24-25-34-29-20-18-27(19-21-29)26-28(31)17-15-13-11-9-7-5-6-8-10-12-14-16-22-30(2,3)32/h4,18-21,32H,1,5-17,22-26H2,2-3H3. The second-order valence-corrected chi connectivity index (χ2v) is 10.1. The molecule has 0 fully saturated rings. The fourth-order valence-electron chi connectivity index (χ4n) is 4.05. The fraction of sp³-hybridized carbons (Fsp3) is 0.700. The van der Waals surface area contributed by atoms with E-state index in [4.69, 9.17) is 9.47 Å². The Kier molecular flexibility index (Phi) is 17.5. The van der Waals surface area contributed by atoms with Gasteiger partial charge in [-0.3, -0.25) is 4.79 Å². The number of ether oxygens (including phenoxy) is 2. The maximum atomic E-state index is 12.3. The van der Waals surface area contributed by atoms with Crippen molar-refractivity contribution in [2.45, 2.75) is 116 Å². The molecule has 0 aliphatic carbocycles. The lowest BCUT2D eigenvalue weighted by molar-refractivity contribution is -0.118. The molecule has 4 nitrogen and oxygen atoms in total. The maximum Gasteiger partial charge on any atom is 0.137 e. The van der Waals surface area contributed by atoms with Crippen molar-refractivity contribution in [1.29, 1.82) is 0 Å². The van der Waals surface area contributed by atoms with Gasteiger partial charge >= 0.3 is 0 Å². The summed E-state index contributed by atoms with van der Waals surface area (Å²) < 4.78 is 10.9. The number of benzene rings is 1. The van der Waals surface area contributed by atoms with Crippen LogP contribution in [0.3, 0.4) is 0 Å². The SMILES string of the molecule is C=CCOCCOc1ccc(CC(=O)CCCCCCCCCCCCCCC(C)(C)O)cc1. The summed E-state index contributed by atoms with van der Waals surface area (Å²) in [6, 6.07) is 7.81. The third kappa shape index (κ3) is 18.7. The van der Waals surface area contributed by atoms with Crippen molar-refractivity contribution >= 4 is 5.78 Å². The van der Waals surface area contributed by atoms with E-state index in [1.165, 1.54) is 57.8 Å². The zero-order valence-electron chi connectivity index (χ0n) is 22.0. The van der Waals surface area contributed by atoms with Crippen molar-refractivity contribution in [3.8, 4) is 5.75 Å². The van der Waals surface area contributed by atoms with Crippen molar-refractivity contribution in [3.63, 3.8) is 0 Å². The average molecular weight is 475 g/mol. The van der Waals surface area contributed by atoms with Crippen LogP contribution in [0.4, 0.5) is 0 Å². The van der Waals surface area contributed by atoms with E-state index in [1.54, 1.807) is 6.08 Å². The van der Waals surface area contributed by atoms with Gasteiger partial charge in [0.05, 0.1) is 18.8 Å². The van der Waals surface area contributed by atoms with Crippen LogP contribution in [0.15, 0.2) is 36.9 Å². The average Bonchev–Trinajstić information content (AvgIpc) is 2.79. The van der Waals surface area contributed by atoms with Gasteiger partial charge in [0.1, 0.15) is 18.1 Å². The molecule has 0 amide bonds. The number of rotatable bonds is 23. The van der Waals surface area contributed by atoms with Crippen molar-refractivity contribution in [2.24, 2.45) is 0 Å². The molecule has 1 rings (SSSR count). The monoisotopic (exact) mass is 474 g/mol. The van der Waals surface area contributed by atoms with E-state index in [-0.39, 0.29) is 0 Å². The van der Waals surface area contributed by atoms with Crippen molar-refractivity contribution in [3.05, 3.63) is 42.5 Å². The van der Waals surface area contributed by atoms with E-state index in [0.717, 1.165) is 37.0 Å². The van der Waals surface area contributed by atoms with Crippen LogP contribution in [0, 0.1) is 0 Å². The first-order valence-corrected chi connectivity index (χ1v) is 13.5. The van der Waals surface area contributed by atoms with Gasteiger partial charge in [0, 0.05) is 12.8 Å². The number of unbranched alkanes of at least 4 members (excludes halogenated alkanes) is 11. The molecule has 34 heavy (non-hydrogen) atoms. The number of carbonyl (C=O) groups is 1. The molecule has 0 spiro atoms. The van der Waals surface area contributed by atoms with Crippen molar-refractivity contribution in [1.82, 2.24) is 0 Å². The summed E-state index contributed by atoms with van der Waals surface area (Å²) in [6.07, 6.45) is 18.9. The molecule has 0 atom stereocenters. The Morgan fingerprint density at radius 1 is 0.853 bits per heavy atom. The quantitative estimate of drug-likeness (QED) is 0.131. The molecule has 0 bridgehead atoms. The number of ketones is 1. The van der Waals surface area contributed by atoms with E-state index in [9.17, 15) is 9.90 Å². The predicted octanol–water partition coefficient (Wildman–Crippen LogP) is 7.61. The Morgan fingerprint density at radius 2 is 1.38 bits per heavy atom. The van der Waals surface area contributed by atoms with Gasteiger partial charge in [-0.2, -0.15) is 0 Å².